The molecular formula is C23H28N4O3S. The first-order valence-electron chi connectivity index (χ1n) is 10.7. The second-order valence-corrected chi connectivity index (χ2v) is 8.33. The highest BCUT2D eigenvalue weighted by Gasteiger charge is 2.23. The highest BCUT2D eigenvalue weighted by molar-refractivity contribution is 7.13. The van der Waals surface area contributed by atoms with Gasteiger partial charge in [0, 0.05) is 30.8 Å². The van der Waals surface area contributed by atoms with E-state index in [2.05, 4.69) is 37.9 Å². The number of piperidine rings is 1. The van der Waals surface area contributed by atoms with E-state index in [0.717, 1.165) is 37.4 Å². The lowest BCUT2D eigenvalue weighted by atomic mass is 10.0. The van der Waals surface area contributed by atoms with Crippen molar-refractivity contribution in [2.75, 3.05) is 31.2 Å². The largest absolute Gasteiger partial charge is 0.490 e. The minimum atomic E-state index is -0.0813. The van der Waals surface area contributed by atoms with Gasteiger partial charge in [0.1, 0.15) is 0 Å². The maximum atomic E-state index is 12.8. The van der Waals surface area contributed by atoms with E-state index in [1.807, 2.05) is 19.9 Å². The number of H-pyrrole nitrogens is 1. The van der Waals surface area contributed by atoms with Crippen molar-refractivity contribution in [3.63, 3.8) is 0 Å². The molecule has 8 heteroatoms. The summed E-state index contributed by atoms with van der Waals surface area (Å²) < 4.78 is 11.2. The Balaban J connectivity index is 1.33. The minimum Gasteiger partial charge on any atom is -0.490 e. The molecule has 1 aromatic carbocycles. The van der Waals surface area contributed by atoms with Gasteiger partial charge in [-0.25, -0.2) is 0 Å². The monoisotopic (exact) mass is 440 g/mol. The molecule has 1 fully saturated rings. The molecule has 0 aliphatic carbocycles. The molecule has 0 spiro atoms. The van der Waals surface area contributed by atoms with Gasteiger partial charge >= 0.3 is 0 Å². The molecule has 0 bridgehead atoms. The molecular weight excluding hydrogens is 412 g/mol. The number of aromatic nitrogens is 2. The second kappa shape index (κ2) is 9.87. The van der Waals surface area contributed by atoms with Crippen LogP contribution in [0.25, 0.3) is 10.6 Å². The topological polar surface area (TPSA) is 79.5 Å². The van der Waals surface area contributed by atoms with Crippen LogP contribution in [0.2, 0.25) is 0 Å². The van der Waals surface area contributed by atoms with Crippen molar-refractivity contribution in [1.82, 2.24) is 15.5 Å². The number of ether oxygens (including phenoxy) is 2. The van der Waals surface area contributed by atoms with Gasteiger partial charge < -0.3 is 19.7 Å². The zero-order valence-corrected chi connectivity index (χ0v) is 18.7. The number of anilines is 1. The van der Waals surface area contributed by atoms with E-state index in [0.29, 0.717) is 30.3 Å². The van der Waals surface area contributed by atoms with Crippen molar-refractivity contribution < 1.29 is 14.3 Å². The number of carbonyl (C=O) groups excluding carboxylic acids is 1. The van der Waals surface area contributed by atoms with Gasteiger partial charge in [-0.1, -0.05) is 6.07 Å². The molecule has 1 aliphatic rings. The van der Waals surface area contributed by atoms with E-state index in [1.165, 1.54) is 4.88 Å². The summed E-state index contributed by atoms with van der Waals surface area (Å²) in [5, 5.41) is 12.8. The third kappa shape index (κ3) is 5.02. The van der Waals surface area contributed by atoms with Crippen molar-refractivity contribution in [2.24, 2.45) is 0 Å². The van der Waals surface area contributed by atoms with E-state index in [9.17, 15) is 4.79 Å². The standard InChI is InChI=1S/C23H28N4O3S/c1-3-29-19-8-7-16(14-20(19)30-4-2)23(28)24-17-9-11-27(12-10-17)22-15-18(25-26-22)21-6-5-13-31-21/h5-8,13-15,17H,3-4,9-12H2,1-2H3,(H,24,28)(H,25,26). The molecule has 2 N–H and O–H groups in total. The molecule has 1 saturated heterocycles. The van der Waals surface area contributed by atoms with E-state index in [1.54, 1.807) is 29.5 Å². The molecule has 3 heterocycles. The van der Waals surface area contributed by atoms with Gasteiger partial charge in [-0.2, -0.15) is 5.10 Å². The zero-order chi connectivity index (χ0) is 21.6. The fourth-order valence-electron chi connectivity index (χ4n) is 3.75. The summed E-state index contributed by atoms with van der Waals surface area (Å²) in [6.07, 6.45) is 1.75. The molecule has 31 heavy (non-hydrogen) atoms. The molecule has 1 aliphatic heterocycles. The second-order valence-electron chi connectivity index (χ2n) is 7.38. The summed E-state index contributed by atoms with van der Waals surface area (Å²) in [5.41, 5.74) is 1.63. The van der Waals surface area contributed by atoms with Crippen LogP contribution in [0.1, 0.15) is 37.0 Å². The lowest BCUT2D eigenvalue weighted by Crippen LogP contribution is -2.44. The summed E-state index contributed by atoms with van der Waals surface area (Å²) in [5.74, 6) is 2.14. The number of nitrogens with one attached hydrogen (secondary N) is 2. The van der Waals surface area contributed by atoms with Crippen LogP contribution in [0.4, 0.5) is 5.82 Å². The third-order valence-electron chi connectivity index (χ3n) is 5.31. The number of thiophene rings is 1. The van der Waals surface area contributed by atoms with Gasteiger partial charge in [-0.05, 0) is 56.3 Å². The summed E-state index contributed by atoms with van der Waals surface area (Å²) in [6.45, 7) is 6.62. The number of nitrogens with zero attached hydrogens (tertiary/aromatic N) is 2. The molecule has 7 nitrogen and oxygen atoms in total. The Morgan fingerprint density at radius 3 is 2.65 bits per heavy atom. The predicted octanol–water partition coefficient (Wildman–Crippen LogP) is 4.33. The fourth-order valence-corrected chi connectivity index (χ4v) is 4.44. The molecule has 164 valence electrons. The molecule has 0 radical (unpaired) electrons. The Hall–Kier alpha value is -3.00. The number of hydrogen-bond acceptors (Lipinski definition) is 6. The van der Waals surface area contributed by atoms with Crippen molar-refractivity contribution in [1.29, 1.82) is 0 Å². The smallest absolute Gasteiger partial charge is 0.251 e. The summed E-state index contributed by atoms with van der Waals surface area (Å²) >= 11 is 1.69. The van der Waals surface area contributed by atoms with Gasteiger partial charge in [-0.3, -0.25) is 9.89 Å². The maximum Gasteiger partial charge on any atom is 0.251 e. The van der Waals surface area contributed by atoms with Gasteiger partial charge in [-0.15, -0.1) is 11.3 Å². The van der Waals surface area contributed by atoms with Crippen LogP contribution in [0, 0.1) is 0 Å². The number of hydrogen-bond donors (Lipinski definition) is 2. The Bertz CT molecular complexity index is 994. The van der Waals surface area contributed by atoms with Crippen molar-refractivity contribution in [2.45, 2.75) is 32.7 Å². The van der Waals surface area contributed by atoms with Crippen LogP contribution in [0.5, 0.6) is 11.5 Å². The number of aromatic amines is 1. The lowest BCUT2D eigenvalue weighted by Gasteiger charge is -2.32. The number of rotatable bonds is 8. The van der Waals surface area contributed by atoms with Gasteiger partial charge in [0.2, 0.25) is 0 Å². The molecule has 2 aromatic heterocycles. The van der Waals surface area contributed by atoms with Gasteiger partial charge in [0.15, 0.2) is 17.3 Å². The van der Waals surface area contributed by atoms with Crippen LogP contribution >= 0.6 is 11.3 Å². The number of benzene rings is 1. The van der Waals surface area contributed by atoms with E-state index in [-0.39, 0.29) is 11.9 Å². The molecule has 0 saturated carbocycles. The third-order valence-corrected chi connectivity index (χ3v) is 6.21. The van der Waals surface area contributed by atoms with Crippen molar-refractivity contribution in [3.8, 4) is 22.1 Å². The van der Waals surface area contributed by atoms with Gasteiger partial charge in [0.25, 0.3) is 5.91 Å². The summed E-state index contributed by atoms with van der Waals surface area (Å²) in [7, 11) is 0. The van der Waals surface area contributed by atoms with Crippen LogP contribution in [-0.4, -0.2) is 48.4 Å². The zero-order valence-electron chi connectivity index (χ0n) is 17.9. The van der Waals surface area contributed by atoms with Crippen LogP contribution in [0.3, 0.4) is 0 Å². The Morgan fingerprint density at radius 2 is 1.94 bits per heavy atom. The first kappa shape index (κ1) is 21.2. The lowest BCUT2D eigenvalue weighted by molar-refractivity contribution is 0.0930. The fraction of sp³-hybridized carbons (Fsp3) is 0.391. The molecule has 0 unspecified atom stereocenters. The first-order chi connectivity index (χ1) is 15.2. The minimum absolute atomic E-state index is 0.0813. The number of carbonyl (C=O) groups is 1. The van der Waals surface area contributed by atoms with Crippen molar-refractivity contribution >= 4 is 23.1 Å². The van der Waals surface area contributed by atoms with Crippen LogP contribution in [0.15, 0.2) is 41.8 Å². The molecule has 3 aromatic rings. The summed E-state index contributed by atoms with van der Waals surface area (Å²) in [6, 6.07) is 11.7. The first-order valence-corrected chi connectivity index (χ1v) is 11.6. The highest BCUT2D eigenvalue weighted by atomic mass is 32.1. The van der Waals surface area contributed by atoms with E-state index < -0.39 is 0 Å². The SMILES string of the molecule is CCOc1ccc(C(=O)NC2CCN(c3cc(-c4cccs4)[nH]n3)CC2)cc1OCC. The summed E-state index contributed by atoms with van der Waals surface area (Å²) in [4.78, 5) is 16.2. The van der Waals surface area contributed by atoms with Crippen LogP contribution in [-0.2, 0) is 0 Å². The highest BCUT2D eigenvalue weighted by Crippen LogP contribution is 2.29. The number of amides is 1. The van der Waals surface area contributed by atoms with E-state index >= 15 is 0 Å². The Morgan fingerprint density at radius 1 is 1.16 bits per heavy atom. The Kier molecular flexibility index (Phi) is 6.76. The molecule has 0 atom stereocenters. The normalized spacial score (nSPS) is 14.5. The Labute approximate surface area is 186 Å². The molecule has 4 rings (SSSR count). The average Bonchev–Trinajstić information content (AvgIpc) is 3.48. The maximum absolute atomic E-state index is 12.8. The molecule has 1 amide bonds. The van der Waals surface area contributed by atoms with Crippen molar-refractivity contribution in [3.05, 3.63) is 47.3 Å². The quantitative estimate of drug-likeness (QED) is 0.545. The van der Waals surface area contributed by atoms with Crippen LogP contribution < -0.4 is 19.7 Å². The average molecular weight is 441 g/mol. The van der Waals surface area contributed by atoms with Gasteiger partial charge in [0.05, 0.1) is 23.8 Å². The van der Waals surface area contributed by atoms with E-state index in [4.69, 9.17) is 9.47 Å². The predicted molar refractivity (Wildman–Crippen MR) is 123 cm³/mol.